The smallest absolute Gasteiger partial charge is 0.0873 e. The Labute approximate surface area is 140 Å². The van der Waals surface area contributed by atoms with Gasteiger partial charge in [0, 0.05) is 16.1 Å². The van der Waals surface area contributed by atoms with Crippen molar-refractivity contribution in [3.05, 3.63) is 88.4 Å². The van der Waals surface area contributed by atoms with Gasteiger partial charge in [-0.15, -0.1) is 0 Å². The summed E-state index contributed by atoms with van der Waals surface area (Å²) in [6.07, 6.45) is 8.77. The highest BCUT2D eigenvalue weighted by Gasteiger charge is 2.35. The number of benzene rings is 2. The minimum Gasteiger partial charge on any atom is -0.372 e. The number of hydrogen-bond donors (Lipinski definition) is 1. The van der Waals surface area contributed by atoms with Gasteiger partial charge < -0.3 is 5.32 Å². The molecule has 1 N–H and O–H groups in total. The van der Waals surface area contributed by atoms with E-state index in [2.05, 4.69) is 108 Å². The molecule has 0 heterocycles. The molecule has 1 nitrogen and oxygen atoms in total. The van der Waals surface area contributed by atoms with Crippen LogP contribution in [0.4, 0.5) is 5.69 Å². The van der Waals surface area contributed by atoms with Crippen molar-refractivity contribution in [1.82, 2.24) is 0 Å². The van der Waals surface area contributed by atoms with E-state index in [4.69, 9.17) is 0 Å². The number of hydrogen-bond acceptors (Lipinski definition) is 1. The van der Waals surface area contributed by atoms with E-state index in [0.717, 1.165) is 10.2 Å². The van der Waals surface area contributed by atoms with Crippen LogP contribution in [0.25, 0.3) is 0 Å². The lowest BCUT2D eigenvalue weighted by Crippen LogP contribution is -2.40. The van der Waals surface area contributed by atoms with Crippen LogP contribution in [0.15, 0.2) is 77.3 Å². The molecule has 0 saturated heterocycles. The Morgan fingerprint density at radius 1 is 0.955 bits per heavy atom. The Kier molecular flexibility index (Phi) is 4.21. The number of anilines is 1. The van der Waals surface area contributed by atoms with Gasteiger partial charge in [-0.1, -0.05) is 77.0 Å². The molecule has 0 aliphatic heterocycles. The van der Waals surface area contributed by atoms with Crippen LogP contribution in [0.3, 0.4) is 0 Å². The fourth-order valence-corrected chi connectivity index (χ4v) is 3.19. The molecule has 112 valence electrons. The van der Waals surface area contributed by atoms with Crippen LogP contribution in [0.2, 0.25) is 0 Å². The summed E-state index contributed by atoms with van der Waals surface area (Å²) in [5.74, 6) is 0.361. The summed E-state index contributed by atoms with van der Waals surface area (Å²) >= 11 is 3.52. The van der Waals surface area contributed by atoms with E-state index < -0.39 is 0 Å². The second-order valence-corrected chi connectivity index (χ2v) is 6.82. The fourth-order valence-electron chi connectivity index (χ4n) is 2.93. The summed E-state index contributed by atoms with van der Waals surface area (Å²) in [5, 5.41) is 3.75. The summed E-state index contributed by atoms with van der Waals surface area (Å²) in [5.41, 5.74) is 3.46. The highest BCUT2D eigenvalue weighted by Crippen LogP contribution is 2.38. The summed E-state index contributed by atoms with van der Waals surface area (Å²) in [6.45, 7) is 4.36. The summed E-state index contributed by atoms with van der Waals surface area (Å²) in [6, 6.07) is 17.2. The van der Waals surface area contributed by atoms with Crippen LogP contribution < -0.4 is 5.32 Å². The first-order valence-corrected chi connectivity index (χ1v) is 8.36. The van der Waals surface area contributed by atoms with Crippen LogP contribution in [0.1, 0.15) is 18.1 Å². The number of halogens is 1. The van der Waals surface area contributed by atoms with Crippen molar-refractivity contribution in [3.8, 4) is 0 Å². The maximum absolute atomic E-state index is 3.75. The van der Waals surface area contributed by atoms with Gasteiger partial charge in [-0.25, -0.2) is 0 Å². The zero-order valence-corrected chi connectivity index (χ0v) is 14.5. The maximum atomic E-state index is 3.75. The second-order valence-electron chi connectivity index (χ2n) is 5.90. The van der Waals surface area contributed by atoms with Gasteiger partial charge in [-0.3, -0.25) is 0 Å². The molecule has 2 heteroatoms. The largest absolute Gasteiger partial charge is 0.372 e. The molecule has 1 aliphatic rings. The number of aryl methyl sites for hydroxylation is 1. The SMILES string of the molecule is Cc1ccc(NC2(c3ccc(Br)cc3)C=CC=CC2C)cc1. The minimum absolute atomic E-state index is 0.218. The molecule has 0 fully saturated rings. The summed E-state index contributed by atoms with van der Waals surface area (Å²) < 4.78 is 1.10. The first-order chi connectivity index (χ1) is 10.6. The van der Waals surface area contributed by atoms with Crippen molar-refractivity contribution < 1.29 is 0 Å². The molecule has 2 atom stereocenters. The molecule has 3 rings (SSSR count). The van der Waals surface area contributed by atoms with E-state index in [0.29, 0.717) is 5.92 Å². The predicted molar refractivity (Wildman–Crippen MR) is 98.1 cm³/mol. The topological polar surface area (TPSA) is 12.0 Å². The van der Waals surface area contributed by atoms with Gasteiger partial charge in [0.2, 0.25) is 0 Å². The lowest BCUT2D eigenvalue weighted by Gasteiger charge is -2.39. The normalized spacial score (nSPS) is 23.5. The van der Waals surface area contributed by atoms with Crippen molar-refractivity contribution >= 4 is 21.6 Å². The molecule has 1 aliphatic carbocycles. The second kappa shape index (κ2) is 6.13. The lowest BCUT2D eigenvalue weighted by atomic mass is 9.76. The first-order valence-electron chi connectivity index (χ1n) is 7.57. The van der Waals surface area contributed by atoms with E-state index in [1.165, 1.54) is 11.1 Å². The molecule has 0 saturated carbocycles. The van der Waals surface area contributed by atoms with Crippen molar-refractivity contribution in [1.29, 1.82) is 0 Å². The molecule has 2 aromatic rings. The van der Waals surface area contributed by atoms with Gasteiger partial charge in [0.15, 0.2) is 0 Å². The standard InChI is InChI=1S/C20H20BrN/c1-15-6-12-19(13-7-15)22-20(14-4-3-5-16(20)2)17-8-10-18(21)11-9-17/h3-14,16,22H,1-2H3. The highest BCUT2D eigenvalue weighted by atomic mass is 79.9. The van der Waals surface area contributed by atoms with Crippen LogP contribution in [0.5, 0.6) is 0 Å². The van der Waals surface area contributed by atoms with E-state index >= 15 is 0 Å². The Hall–Kier alpha value is -1.80. The van der Waals surface area contributed by atoms with Crippen LogP contribution in [-0.2, 0) is 5.54 Å². The highest BCUT2D eigenvalue weighted by molar-refractivity contribution is 9.10. The molecule has 2 unspecified atom stereocenters. The monoisotopic (exact) mass is 353 g/mol. The lowest BCUT2D eigenvalue weighted by molar-refractivity contribution is 0.472. The molecule has 0 radical (unpaired) electrons. The molecular weight excluding hydrogens is 334 g/mol. The Morgan fingerprint density at radius 2 is 1.64 bits per heavy atom. The average Bonchev–Trinajstić information content (AvgIpc) is 2.53. The molecule has 22 heavy (non-hydrogen) atoms. The zero-order chi connectivity index (χ0) is 15.6. The Morgan fingerprint density at radius 3 is 2.27 bits per heavy atom. The Balaban J connectivity index is 2.03. The number of nitrogens with one attached hydrogen (secondary N) is 1. The van der Waals surface area contributed by atoms with Gasteiger partial charge in [-0.05, 0) is 36.8 Å². The summed E-state index contributed by atoms with van der Waals surface area (Å²) in [7, 11) is 0. The van der Waals surface area contributed by atoms with Crippen LogP contribution in [-0.4, -0.2) is 0 Å². The third-order valence-electron chi connectivity index (χ3n) is 4.31. The predicted octanol–water partition coefficient (Wildman–Crippen LogP) is 5.83. The van der Waals surface area contributed by atoms with Crippen LogP contribution >= 0.6 is 15.9 Å². The molecule has 2 aromatic carbocycles. The Bertz CT molecular complexity index is 697. The average molecular weight is 354 g/mol. The number of allylic oxidation sites excluding steroid dienone is 2. The van der Waals surface area contributed by atoms with Gasteiger partial charge >= 0.3 is 0 Å². The fraction of sp³-hybridized carbons (Fsp3) is 0.200. The van der Waals surface area contributed by atoms with Crippen molar-refractivity contribution in [3.63, 3.8) is 0 Å². The first kappa shape index (κ1) is 15.1. The van der Waals surface area contributed by atoms with Gasteiger partial charge in [-0.2, -0.15) is 0 Å². The maximum Gasteiger partial charge on any atom is 0.0873 e. The van der Waals surface area contributed by atoms with E-state index in [9.17, 15) is 0 Å². The summed E-state index contributed by atoms with van der Waals surface area (Å²) in [4.78, 5) is 0. The zero-order valence-electron chi connectivity index (χ0n) is 12.9. The quantitative estimate of drug-likeness (QED) is 0.732. The molecule has 0 spiro atoms. The van der Waals surface area contributed by atoms with Gasteiger partial charge in [0.25, 0.3) is 0 Å². The van der Waals surface area contributed by atoms with E-state index in [-0.39, 0.29) is 5.54 Å². The molecule has 0 amide bonds. The molecule has 0 bridgehead atoms. The van der Waals surface area contributed by atoms with Gasteiger partial charge in [0.05, 0.1) is 5.54 Å². The van der Waals surface area contributed by atoms with Crippen molar-refractivity contribution in [2.75, 3.05) is 5.32 Å². The van der Waals surface area contributed by atoms with Crippen molar-refractivity contribution in [2.45, 2.75) is 19.4 Å². The van der Waals surface area contributed by atoms with E-state index in [1.54, 1.807) is 0 Å². The van der Waals surface area contributed by atoms with Crippen LogP contribution in [0, 0.1) is 12.8 Å². The number of rotatable bonds is 3. The molecular formula is C20H20BrN. The van der Waals surface area contributed by atoms with E-state index in [1.807, 2.05) is 0 Å². The minimum atomic E-state index is -0.218. The van der Waals surface area contributed by atoms with Gasteiger partial charge in [0.1, 0.15) is 0 Å². The molecule has 0 aromatic heterocycles. The third-order valence-corrected chi connectivity index (χ3v) is 4.84. The third kappa shape index (κ3) is 2.89. The van der Waals surface area contributed by atoms with Crippen molar-refractivity contribution in [2.24, 2.45) is 5.92 Å².